The molecule has 0 bridgehead atoms. The van der Waals surface area contributed by atoms with Crippen LogP contribution in [-0.4, -0.2) is 21.1 Å². The smallest absolute Gasteiger partial charge is 0.274 e. The third-order valence-corrected chi connectivity index (χ3v) is 2.27. The Kier molecular flexibility index (Phi) is 3.51. The largest absolute Gasteiger partial charge is 0.288 e. The van der Waals surface area contributed by atoms with Crippen LogP contribution in [0.3, 0.4) is 0 Å². The van der Waals surface area contributed by atoms with Gasteiger partial charge in [0.15, 0.2) is 0 Å². The SMILES string of the molecule is Cc1nnc(NNC(=O)c2ccccc2F)[nH]c1=O. The molecule has 7 nitrogen and oxygen atoms in total. The number of aromatic nitrogens is 3. The van der Waals surface area contributed by atoms with Gasteiger partial charge in [-0.05, 0) is 19.1 Å². The number of nitrogens with one attached hydrogen (secondary N) is 3. The summed E-state index contributed by atoms with van der Waals surface area (Å²) in [6, 6.07) is 5.51. The summed E-state index contributed by atoms with van der Waals surface area (Å²) in [6.07, 6.45) is 0. The second-order valence-corrected chi connectivity index (χ2v) is 3.65. The molecule has 0 unspecified atom stereocenters. The first kappa shape index (κ1) is 12.7. The maximum atomic E-state index is 13.3. The van der Waals surface area contributed by atoms with Gasteiger partial charge in [0, 0.05) is 0 Å². The van der Waals surface area contributed by atoms with E-state index in [2.05, 4.69) is 26.0 Å². The number of anilines is 1. The van der Waals surface area contributed by atoms with Crippen molar-refractivity contribution in [3.8, 4) is 0 Å². The Balaban J connectivity index is 2.07. The number of aromatic amines is 1. The molecule has 19 heavy (non-hydrogen) atoms. The average Bonchev–Trinajstić information content (AvgIpc) is 2.40. The fraction of sp³-hybridized carbons (Fsp3) is 0.0909. The van der Waals surface area contributed by atoms with Gasteiger partial charge in [-0.2, -0.15) is 0 Å². The van der Waals surface area contributed by atoms with Crippen molar-refractivity contribution in [1.29, 1.82) is 0 Å². The number of benzene rings is 1. The molecule has 0 fully saturated rings. The van der Waals surface area contributed by atoms with Crippen LogP contribution in [0.2, 0.25) is 0 Å². The Hall–Kier alpha value is -2.77. The van der Waals surface area contributed by atoms with E-state index < -0.39 is 17.3 Å². The van der Waals surface area contributed by atoms with Crippen LogP contribution < -0.4 is 16.4 Å². The fourth-order valence-corrected chi connectivity index (χ4v) is 1.28. The number of hydrazine groups is 1. The molecule has 0 aliphatic carbocycles. The van der Waals surface area contributed by atoms with Gasteiger partial charge in [-0.1, -0.05) is 12.1 Å². The first-order chi connectivity index (χ1) is 9.08. The third-order valence-electron chi connectivity index (χ3n) is 2.27. The van der Waals surface area contributed by atoms with Crippen molar-refractivity contribution >= 4 is 11.9 Å². The summed E-state index contributed by atoms with van der Waals surface area (Å²) in [4.78, 5) is 25.2. The molecule has 0 saturated carbocycles. The lowest BCUT2D eigenvalue weighted by Gasteiger charge is -2.07. The molecule has 3 N–H and O–H groups in total. The van der Waals surface area contributed by atoms with E-state index in [1.165, 1.54) is 31.2 Å². The number of aryl methyl sites for hydroxylation is 1. The first-order valence-electron chi connectivity index (χ1n) is 5.32. The number of rotatable bonds is 3. The Morgan fingerprint density at radius 2 is 2.05 bits per heavy atom. The van der Waals surface area contributed by atoms with E-state index in [-0.39, 0.29) is 17.2 Å². The van der Waals surface area contributed by atoms with Gasteiger partial charge in [-0.15, -0.1) is 10.2 Å². The van der Waals surface area contributed by atoms with Crippen LogP contribution in [0.15, 0.2) is 29.1 Å². The van der Waals surface area contributed by atoms with E-state index in [1.807, 2.05) is 0 Å². The lowest BCUT2D eigenvalue weighted by molar-refractivity contribution is 0.0958. The number of halogens is 1. The molecule has 1 aromatic heterocycles. The summed E-state index contributed by atoms with van der Waals surface area (Å²) in [7, 11) is 0. The van der Waals surface area contributed by atoms with Crippen LogP contribution in [0.5, 0.6) is 0 Å². The van der Waals surface area contributed by atoms with Crippen molar-refractivity contribution in [2.24, 2.45) is 0 Å². The highest BCUT2D eigenvalue weighted by molar-refractivity contribution is 5.94. The highest BCUT2D eigenvalue weighted by Gasteiger charge is 2.10. The van der Waals surface area contributed by atoms with Gasteiger partial charge < -0.3 is 0 Å². The lowest BCUT2D eigenvalue weighted by Crippen LogP contribution is -2.32. The van der Waals surface area contributed by atoms with Crippen molar-refractivity contribution in [3.63, 3.8) is 0 Å². The third kappa shape index (κ3) is 2.92. The summed E-state index contributed by atoms with van der Waals surface area (Å²) in [6.45, 7) is 1.49. The molecule has 0 atom stereocenters. The minimum absolute atomic E-state index is 0.0414. The van der Waals surface area contributed by atoms with Crippen molar-refractivity contribution in [3.05, 3.63) is 51.7 Å². The average molecular weight is 263 g/mol. The highest BCUT2D eigenvalue weighted by atomic mass is 19.1. The van der Waals surface area contributed by atoms with Gasteiger partial charge in [0.1, 0.15) is 11.5 Å². The molecule has 0 spiro atoms. The predicted molar refractivity (Wildman–Crippen MR) is 64.9 cm³/mol. The summed E-state index contributed by atoms with van der Waals surface area (Å²) in [5.41, 5.74) is 4.18. The quantitative estimate of drug-likeness (QED) is 0.695. The van der Waals surface area contributed by atoms with E-state index in [9.17, 15) is 14.0 Å². The lowest BCUT2D eigenvalue weighted by atomic mass is 10.2. The van der Waals surface area contributed by atoms with Crippen LogP contribution in [0, 0.1) is 12.7 Å². The fourth-order valence-electron chi connectivity index (χ4n) is 1.28. The molecule has 0 radical (unpaired) electrons. The predicted octanol–water partition coefficient (Wildman–Crippen LogP) is 0.369. The van der Waals surface area contributed by atoms with E-state index in [0.717, 1.165) is 0 Å². The molecule has 1 heterocycles. The number of carbonyl (C=O) groups excluding carboxylic acids is 1. The molecular formula is C11H10FN5O2. The van der Waals surface area contributed by atoms with Gasteiger partial charge in [0.05, 0.1) is 5.56 Å². The minimum atomic E-state index is -0.693. The van der Waals surface area contributed by atoms with Crippen LogP contribution in [0.1, 0.15) is 16.1 Å². The second kappa shape index (κ2) is 5.25. The van der Waals surface area contributed by atoms with Gasteiger partial charge in [-0.3, -0.25) is 25.4 Å². The highest BCUT2D eigenvalue weighted by Crippen LogP contribution is 2.05. The second-order valence-electron chi connectivity index (χ2n) is 3.65. The standard InChI is InChI=1S/C11H10FN5O2/c1-6-9(18)13-11(16-14-6)17-15-10(19)7-4-2-3-5-8(7)12/h2-5H,1H3,(H,15,19)(H2,13,16,17,18). The molecule has 1 amide bonds. The van der Waals surface area contributed by atoms with E-state index >= 15 is 0 Å². The normalized spacial score (nSPS) is 10.0. The molecule has 0 aliphatic rings. The van der Waals surface area contributed by atoms with E-state index in [1.54, 1.807) is 0 Å². The maximum Gasteiger partial charge on any atom is 0.274 e. The van der Waals surface area contributed by atoms with Crippen LogP contribution in [0.25, 0.3) is 0 Å². The van der Waals surface area contributed by atoms with Crippen molar-refractivity contribution in [2.45, 2.75) is 6.92 Å². The summed E-state index contributed by atoms with van der Waals surface area (Å²) in [5.74, 6) is -1.38. The molecule has 8 heteroatoms. The van der Waals surface area contributed by atoms with Crippen LogP contribution in [-0.2, 0) is 0 Å². The molecule has 98 valence electrons. The van der Waals surface area contributed by atoms with Gasteiger partial charge in [-0.25, -0.2) is 4.39 Å². The molecular weight excluding hydrogens is 253 g/mol. The van der Waals surface area contributed by atoms with Gasteiger partial charge >= 0.3 is 0 Å². The number of carbonyl (C=O) groups is 1. The zero-order valence-electron chi connectivity index (χ0n) is 9.90. The summed E-state index contributed by atoms with van der Waals surface area (Å²) in [5, 5.41) is 7.17. The number of H-pyrrole nitrogens is 1. The Bertz CT molecular complexity index is 670. The minimum Gasteiger partial charge on any atom is -0.288 e. The van der Waals surface area contributed by atoms with E-state index in [0.29, 0.717) is 0 Å². The first-order valence-corrected chi connectivity index (χ1v) is 5.32. The van der Waals surface area contributed by atoms with Crippen molar-refractivity contribution in [1.82, 2.24) is 20.6 Å². The Morgan fingerprint density at radius 1 is 1.32 bits per heavy atom. The zero-order chi connectivity index (χ0) is 13.8. The molecule has 0 saturated heterocycles. The topological polar surface area (TPSA) is 99.8 Å². The van der Waals surface area contributed by atoms with Crippen molar-refractivity contribution < 1.29 is 9.18 Å². The zero-order valence-corrected chi connectivity index (χ0v) is 9.90. The van der Waals surface area contributed by atoms with E-state index in [4.69, 9.17) is 0 Å². The molecule has 1 aromatic carbocycles. The number of nitrogens with zero attached hydrogens (tertiary/aromatic N) is 2. The Labute approximate surface area is 106 Å². The Morgan fingerprint density at radius 3 is 2.74 bits per heavy atom. The molecule has 2 aromatic rings. The number of amides is 1. The summed E-state index contributed by atoms with van der Waals surface area (Å²) < 4.78 is 13.3. The van der Waals surface area contributed by atoms with Crippen LogP contribution in [0.4, 0.5) is 10.3 Å². The molecule has 0 aliphatic heterocycles. The van der Waals surface area contributed by atoms with Crippen molar-refractivity contribution in [2.75, 3.05) is 5.43 Å². The number of hydrogen-bond donors (Lipinski definition) is 3. The van der Waals surface area contributed by atoms with Gasteiger partial charge in [0.2, 0.25) is 5.95 Å². The monoisotopic (exact) mass is 263 g/mol. The van der Waals surface area contributed by atoms with Gasteiger partial charge in [0.25, 0.3) is 11.5 Å². The maximum absolute atomic E-state index is 13.3. The van der Waals surface area contributed by atoms with Crippen LogP contribution >= 0.6 is 0 Å². The molecule has 2 rings (SSSR count). The summed E-state index contributed by atoms with van der Waals surface area (Å²) >= 11 is 0. The number of hydrogen-bond acceptors (Lipinski definition) is 5.